The first-order valence-electron chi connectivity index (χ1n) is 7.14. The minimum Gasteiger partial charge on any atom is -0.481 e. The Morgan fingerprint density at radius 1 is 1.32 bits per heavy atom. The summed E-state index contributed by atoms with van der Waals surface area (Å²) in [6, 6.07) is 9.98. The van der Waals surface area contributed by atoms with Gasteiger partial charge in [0, 0.05) is 19.5 Å². The molecule has 1 aliphatic heterocycles. The Labute approximate surface area is 132 Å². The van der Waals surface area contributed by atoms with E-state index in [0.29, 0.717) is 30.8 Å². The Bertz CT molecular complexity index is 684. The Kier molecular flexibility index (Phi) is 4.20. The predicted octanol–water partition coefficient (Wildman–Crippen LogP) is 2.28. The van der Waals surface area contributed by atoms with Gasteiger partial charge < -0.3 is 10.0 Å². The SMILES string of the molecule is O=C(O)[C@H]1CCN(C(=O)c2cnc(Cc3ccccc3)s2)C1. The Hall–Kier alpha value is -2.21. The van der Waals surface area contributed by atoms with E-state index in [9.17, 15) is 9.59 Å². The highest BCUT2D eigenvalue weighted by Gasteiger charge is 2.31. The number of thiazole rings is 1. The molecule has 1 fully saturated rings. The van der Waals surface area contributed by atoms with Crippen LogP contribution in [0.3, 0.4) is 0 Å². The van der Waals surface area contributed by atoms with E-state index in [1.54, 1.807) is 11.1 Å². The minimum absolute atomic E-state index is 0.111. The fourth-order valence-corrected chi connectivity index (χ4v) is 3.48. The zero-order valence-electron chi connectivity index (χ0n) is 11.9. The van der Waals surface area contributed by atoms with Crippen molar-refractivity contribution in [2.45, 2.75) is 12.8 Å². The minimum atomic E-state index is -0.829. The number of carboxylic acid groups (broad SMARTS) is 1. The van der Waals surface area contributed by atoms with Crippen LogP contribution < -0.4 is 0 Å². The van der Waals surface area contributed by atoms with Gasteiger partial charge in [0.1, 0.15) is 4.88 Å². The number of nitrogens with zero attached hydrogens (tertiary/aromatic N) is 2. The first kappa shape index (κ1) is 14.7. The average Bonchev–Trinajstić information content (AvgIpc) is 3.17. The number of carbonyl (C=O) groups excluding carboxylic acids is 1. The van der Waals surface area contributed by atoms with Crippen LogP contribution in [-0.2, 0) is 11.2 Å². The zero-order valence-corrected chi connectivity index (χ0v) is 12.8. The molecule has 0 bridgehead atoms. The van der Waals surface area contributed by atoms with Crippen molar-refractivity contribution in [3.05, 3.63) is 52.0 Å². The number of carbonyl (C=O) groups is 2. The molecular weight excluding hydrogens is 300 g/mol. The molecule has 0 radical (unpaired) electrons. The quantitative estimate of drug-likeness (QED) is 0.939. The van der Waals surface area contributed by atoms with Crippen LogP contribution >= 0.6 is 11.3 Å². The Morgan fingerprint density at radius 2 is 2.09 bits per heavy atom. The summed E-state index contributed by atoms with van der Waals surface area (Å²) in [5.74, 6) is -1.38. The smallest absolute Gasteiger partial charge is 0.308 e. The van der Waals surface area contributed by atoms with Crippen LogP contribution in [0.5, 0.6) is 0 Å². The van der Waals surface area contributed by atoms with Gasteiger partial charge in [0.15, 0.2) is 0 Å². The second kappa shape index (κ2) is 6.27. The highest BCUT2D eigenvalue weighted by Crippen LogP contribution is 2.23. The molecule has 5 nitrogen and oxygen atoms in total. The van der Waals surface area contributed by atoms with Crippen LogP contribution in [0.2, 0.25) is 0 Å². The average molecular weight is 316 g/mol. The van der Waals surface area contributed by atoms with Crippen LogP contribution in [0, 0.1) is 5.92 Å². The molecule has 1 amide bonds. The van der Waals surface area contributed by atoms with Crippen LogP contribution in [0.1, 0.15) is 26.7 Å². The summed E-state index contributed by atoms with van der Waals surface area (Å²) in [6.45, 7) is 0.793. The van der Waals surface area contributed by atoms with E-state index in [0.717, 1.165) is 10.6 Å². The van der Waals surface area contributed by atoms with Crippen molar-refractivity contribution in [1.29, 1.82) is 0 Å². The van der Waals surface area contributed by atoms with Crippen molar-refractivity contribution in [3.8, 4) is 0 Å². The van der Waals surface area contributed by atoms with Gasteiger partial charge in [0.05, 0.1) is 17.1 Å². The van der Waals surface area contributed by atoms with Gasteiger partial charge in [0.25, 0.3) is 5.91 Å². The maximum Gasteiger partial charge on any atom is 0.308 e. The van der Waals surface area contributed by atoms with Gasteiger partial charge in [-0.2, -0.15) is 0 Å². The lowest BCUT2D eigenvalue weighted by Crippen LogP contribution is -2.29. The first-order valence-corrected chi connectivity index (χ1v) is 7.96. The topological polar surface area (TPSA) is 70.5 Å². The molecule has 2 heterocycles. The van der Waals surface area contributed by atoms with E-state index in [2.05, 4.69) is 4.98 Å². The van der Waals surface area contributed by atoms with Crippen LogP contribution in [-0.4, -0.2) is 40.0 Å². The molecule has 22 heavy (non-hydrogen) atoms. The summed E-state index contributed by atoms with van der Waals surface area (Å²) in [7, 11) is 0. The van der Waals surface area contributed by atoms with Crippen LogP contribution in [0.4, 0.5) is 0 Å². The molecule has 0 saturated carbocycles. The lowest BCUT2D eigenvalue weighted by Gasteiger charge is -2.13. The third-order valence-corrected chi connectivity index (χ3v) is 4.77. The van der Waals surface area contributed by atoms with E-state index in [1.807, 2.05) is 30.3 Å². The molecule has 0 spiro atoms. The fourth-order valence-electron chi connectivity index (χ4n) is 2.56. The number of hydrogen-bond acceptors (Lipinski definition) is 4. The normalized spacial score (nSPS) is 17.6. The molecule has 1 N–H and O–H groups in total. The number of amides is 1. The molecule has 1 aliphatic rings. The van der Waals surface area contributed by atoms with Crippen molar-refractivity contribution >= 4 is 23.2 Å². The lowest BCUT2D eigenvalue weighted by atomic mass is 10.1. The van der Waals surface area contributed by atoms with Crippen molar-refractivity contribution in [3.63, 3.8) is 0 Å². The van der Waals surface area contributed by atoms with Gasteiger partial charge in [-0.15, -0.1) is 11.3 Å². The molecule has 0 unspecified atom stereocenters. The number of benzene rings is 1. The van der Waals surface area contributed by atoms with Gasteiger partial charge >= 0.3 is 5.97 Å². The van der Waals surface area contributed by atoms with Crippen LogP contribution in [0.15, 0.2) is 36.5 Å². The third kappa shape index (κ3) is 3.17. The van der Waals surface area contributed by atoms with E-state index < -0.39 is 11.9 Å². The zero-order chi connectivity index (χ0) is 15.5. The summed E-state index contributed by atoms with van der Waals surface area (Å²) in [4.78, 5) is 29.9. The Morgan fingerprint density at radius 3 is 2.77 bits per heavy atom. The molecule has 3 rings (SSSR count). The van der Waals surface area contributed by atoms with Crippen LogP contribution in [0.25, 0.3) is 0 Å². The molecule has 0 aliphatic carbocycles. The number of hydrogen-bond donors (Lipinski definition) is 1. The molecule has 1 aromatic carbocycles. The molecule has 1 atom stereocenters. The number of aliphatic carboxylic acids is 1. The Balaban J connectivity index is 1.66. The summed E-state index contributed by atoms with van der Waals surface area (Å²) >= 11 is 1.38. The highest BCUT2D eigenvalue weighted by atomic mass is 32.1. The van der Waals surface area contributed by atoms with Crippen molar-refractivity contribution < 1.29 is 14.7 Å². The first-order chi connectivity index (χ1) is 10.6. The van der Waals surface area contributed by atoms with Gasteiger partial charge in [0.2, 0.25) is 0 Å². The fraction of sp³-hybridized carbons (Fsp3) is 0.312. The molecule has 1 aromatic heterocycles. The molecule has 2 aromatic rings. The number of carboxylic acids is 1. The van der Waals surface area contributed by atoms with E-state index in [-0.39, 0.29) is 5.91 Å². The molecule has 6 heteroatoms. The van der Waals surface area contributed by atoms with Crippen molar-refractivity contribution in [2.24, 2.45) is 5.92 Å². The van der Waals surface area contributed by atoms with E-state index in [4.69, 9.17) is 5.11 Å². The van der Waals surface area contributed by atoms with Gasteiger partial charge in [-0.05, 0) is 12.0 Å². The molecular formula is C16H16N2O3S. The van der Waals surface area contributed by atoms with Crippen molar-refractivity contribution in [2.75, 3.05) is 13.1 Å². The summed E-state index contributed by atoms with van der Waals surface area (Å²) in [6.07, 6.45) is 2.83. The highest BCUT2D eigenvalue weighted by molar-refractivity contribution is 7.13. The second-order valence-electron chi connectivity index (χ2n) is 5.36. The third-order valence-electron chi connectivity index (χ3n) is 3.79. The largest absolute Gasteiger partial charge is 0.481 e. The van der Waals surface area contributed by atoms with Gasteiger partial charge in [-0.25, -0.2) is 4.98 Å². The molecule has 114 valence electrons. The number of rotatable bonds is 4. The summed E-state index contributed by atoms with van der Waals surface area (Å²) < 4.78 is 0. The number of likely N-dealkylation sites (tertiary alicyclic amines) is 1. The standard InChI is InChI=1S/C16H16N2O3S/c19-15(18-7-6-12(10-18)16(20)21)13-9-17-14(22-13)8-11-4-2-1-3-5-11/h1-5,9,12H,6-8,10H2,(H,20,21)/t12-/m0/s1. The maximum atomic E-state index is 12.4. The molecule has 1 saturated heterocycles. The van der Waals surface area contributed by atoms with Gasteiger partial charge in [-0.1, -0.05) is 30.3 Å². The number of aromatic nitrogens is 1. The monoisotopic (exact) mass is 316 g/mol. The predicted molar refractivity (Wildman–Crippen MR) is 83.0 cm³/mol. The van der Waals surface area contributed by atoms with E-state index in [1.165, 1.54) is 11.3 Å². The summed E-state index contributed by atoms with van der Waals surface area (Å²) in [5, 5.41) is 9.90. The maximum absolute atomic E-state index is 12.4. The van der Waals surface area contributed by atoms with Crippen molar-refractivity contribution in [1.82, 2.24) is 9.88 Å². The van der Waals surface area contributed by atoms with E-state index >= 15 is 0 Å². The van der Waals surface area contributed by atoms with Gasteiger partial charge in [-0.3, -0.25) is 9.59 Å². The summed E-state index contributed by atoms with van der Waals surface area (Å²) in [5.41, 5.74) is 1.16. The lowest BCUT2D eigenvalue weighted by molar-refractivity contribution is -0.141. The second-order valence-corrected chi connectivity index (χ2v) is 6.47.